The maximum atomic E-state index is 12.1. The zero-order valence-corrected chi connectivity index (χ0v) is 13.2. The molecule has 2 rings (SSSR count). The maximum Gasteiger partial charge on any atom is 0.244 e. The van der Waals surface area contributed by atoms with Gasteiger partial charge in [0, 0.05) is 6.04 Å². The average molecular weight is 340 g/mol. The van der Waals surface area contributed by atoms with E-state index < -0.39 is 20.0 Å². The Kier molecular flexibility index (Phi) is 4.00. The third kappa shape index (κ3) is 2.91. The molecule has 0 aromatic heterocycles. The fourth-order valence-corrected chi connectivity index (χ4v) is 4.77. The summed E-state index contributed by atoms with van der Waals surface area (Å²) in [5.74, 6) is 0. The molecule has 0 unspecified atom stereocenters. The van der Waals surface area contributed by atoms with Crippen LogP contribution in [0.1, 0.15) is 13.8 Å². The van der Waals surface area contributed by atoms with Crippen LogP contribution in [0.5, 0.6) is 0 Å². The van der Waals surface area contributed by atoms with Crippen molar-refractivity contribution in [1.82, 2.24) is 9.44 Å². The second-order valence-electron chi connectivity index (χ2n) is 4.56. The first-order valence-electron chi connectivity index (χ1n) is 5.73. The van der Waals surface area contributed by atoms with Crippen molar-refractivity contribution >= 4 is 37.3 Å². The van der Waals surface area contributed by atoms with Gasteiger partial charge in [-0.25, -0.2) is 21.6 Å². The molecule has 1 aromatic rings. The van der Waals surface area contributed by atoms with Gasteiger partial charge in [0.2, 0.25) is 20.0 Å². The summed E-state index contributed by atoms with van der Waals surface area (Å²) in [5, 5.41) is 2.75. The number of anilines is 1. The molecule has 7 nitrogen and oxygen atoms in total. The van der Waals surface area contributed by atoms with Crippen LogP contribution in [0.15, 0.2) is 21.9 Å². The summed E-state index contributed by atoms with van der Waals surface area (Å²) in [6.45, 7) is 3.34. The molecule has 3 N–H and O–H groups in total. The Morgan fingerprint density at radius 2 is 2.00 bits per heavy atom. The predicted molar refractivity (Wildman–Crippen MR) is 75.7 cm³/mol. The highest BCUT2D eigenvalue weighted by Crippen LogP contribution is 2.32. The molecule has 1 aliphatic heterocycles. The minimum Gasteiger partial charge on any atom is -0.370 e. The summed E-state index contributed by atoms with van der Waals surface area (Å²) in [6, 6.07) is 2.01. The van der Waals surface area contributed by atoms with Crippen LogP contribution in [-0.2, 0) is 20.0 Å². The van der Waals surface area contributed by atoms with Gasteiger partial charge in [0.05, 0.1) is 17.4 Å². The number of benzene rings is 1. The summed E-state index contributed by atoms with van der Waals surface area (Å²) in [6.07, 6.45) is 0. The Hall–Kier alpha value is -0.870. The van der Waals surface area contributed by atoms with Crippen LogP contribution in [0.2, 0.25) is 5.02 Å². The molecule has 0 radical (unpaired) electrons. The summed E-state index contributed by atoms with van der Waals surface area (Å²) in [5.41, 5.74) is 0.275. The van der Waals surface area contributed by atoms with Crippen molar-refractivity contribution in [1.29, 1.82) is 0 Å². The third-order valence-corrected chi connectivity index (χ3v) is 6.11. The first kappa shape index (κ1) is 15.5. The average Bonchev–Trinajstić information content (AvgIpc) is 2.25. The predicted octanol–water partition coefficient (Wildman–Crippen LogP) is 0.688. The van der Waals surface area contributed by atoms with E-state index in [0.717, 1.165) is 6.07 Å². The molecule has 0 aliphatic carbocycles. The van der Waals surface area contributed by atoms with Crippen molar-refractivity contribution in [2.75, 3.05) is 12.0 Å². The lowest BCUT2D eigenvalue weighted by Gasteiger charge is -2.21. The van der Waals surface area contributed by atoms with Gasteiger partial charge in [-0.15, -0.1) is 0 Å². The first-order chi connectivity index (χ1) is 9.13. The van der Waals surface area contributed by atoms with E-state index in [1.807, 2.05) is 0 Å². The number of nitrogens with one attached hydrogen (secondary N) is 3. The molecule has 1 heterocycles. The van der Waals surface area contributed by atoms with Gasteiger partial charge in [-0.2, -0.15) is 4.72 Å². The Balaban J connectivity index is 2.63. The summed E-state index contributed by atoms with van der Waals surface area (Å²) in [7, 11) is -7.61. The van der Waals surface area contributed by atoms with Gasteiger partial charge in [-0.1, -0.05) is 11.6 Å². The van der Waals surface area contributed by atoms with Gasteiger partial charge >= 0.3 is 0 Å². The SMILES string of the molecule is CC(C)NS(=O)(=O)c1cc2c(cc1Cl)NCNS2(=O)=O. The monoisotopic (exact) mass is 339 g/mol. The van der Waals surface area contributed by atoms with Crippen LogP contribution in [0.25, 0.3) is 0 Å². The van der Waals surface area contributed by atoms with Crippen LogP contribution in [-0.4, -0.2) is 29.5 Å². The molecular weight excluding hydrogens is 326 g/mol. The molecule has 0 saturated carbocycles. The number of hydrogen-bond acceptors (Lipinski definition) is 5. The van der Waals surface area contributed by atoms with E-state index in [-0.39, 0.29) is 33.2 Å². The minimum absolute atomic E-state index is 0.0298. The first-order valence-corrected chi connectivity index (χ1v) is 9.07. The van der Waals surface area contributed by atoms with Crippen LogP contribution in [0, 0.1) is 0 Å². The van der Waals surface area contributed by atoms with E-state index in [2.05, 4.69) is 14.8 Å². The van der Waals surface area contributed by atoms with Crippen molar-refractivity contribution < 1.29 is 16.8 Å². The van der Waals surface area contributed by atoms with Crippen molar-refractivity contribution in [3.63, 3.8) is 0 Å². The van der Waals surface area contributed by atoms with Gasteiger partial charge in [0.1, 0.15) is 9.79 Å². The van der Waals surface area contributed by atoms with Gasteiger partial charge < -0.3 is 5.32 Å². The number of halogens is 1. The summed E-state index contributed by atoms with van der Waals surface area (Å²) < 4.78 is 52.6. The molecule has 0 saturated heterocycles. The highest BCUT2D eigenvalue weighted by atomic mass is 35.5. The maximum absolute atomic E-state index is 12.1. The molecule has 1 aliphatic rings. The summed E-state index contributed by atoms with van der Waals surface area (Å²) in [4.78, 5) is -0.405. The molecule has 20 heavy (non-hydrogen) atoms. The molecular formula is C10H14ClN3O4S2. The smallest absolute Gasteiger partial charge is 0.244 e. The van der Waals surface area contributed by atoms with Crippen molar-refractivity contribution in [3.05, 3.63) is 17.2 Å². The van der Waals surface area contributed by atoms with Crippen molar-refractivity contribution in [2.45, 2.75) is 29.7 Å². The molecule has 0 atom stereocenters. The molecule has 0 fully saturated rings. The molecule has 112 valence electrons. The lowest BCUT2D eigenvalue weighted by atomic mass is 10.3. The van der Waals surface area contributed by atoms with E-state index >= 15 is 0 Å². The Bertz CT molecular complexity index is 744. The minimum atomic E-state index is -3.88. The zero-order valence-electron chi connectivity index (χ0n) is 10.8. The Morgan fingerprint density at radius 3 is 2.60 bits per heavy atom. The molecule has 10 heteroatoms. The normalized spacial score (nSPS) is 17.6. The van der Waals surface area contributed by atoms with Crippen LogP contribution in [0.3, 0.4) is 0 Å². The van der Waals surface area contributed by atoms with Crippen LogP contribution >= 0.6 is 11.6 Å². The standard InChI is InChI=1S/C10H14ClN3O4S2/c1-6(2)14-20(17,18)9-4-10-8(3-7(9)11)12-5-13-19(10,15)16/h3-4,6,12-14H,5H2,1-2H3. The van der Waals surface area contributed by atoms with E-state index in [9.17, 15) is 16.8 Å². The zero-order chi connectivity index (χ0) is 15.1. The van der Waals surface area contributed by atoms with Gasteiger partial charge in [-0.05, 0) is 26.0 Å². The lowest BCUT2D eigenvalue weighted by molar-refractivity contribution is 0.569. The Labute approximate surface area is 122 Å². The molecule has 1 aromatic carbocycles. The quantitative estimate of drug-likeness (QED) is 0.751. The second-order valence-corrected chi connectivity index (χ2v) is 8.38. The van der Waals surface area contributed by atoms with Crippen LogP contribution < -0.4 is 14.8 Å². The fourth-order valence-electron chi connectivity index (χ4n) is 1.78. The number of fused-ring (bicyclic) bond motifs is 1. The van der Waals surface area contributed by atoms with Gasteiger partial charge in [-0.3, -0.25) is 0 Å². The molecule has 0 amide bonds. The number of hydrogen-bond donors (Lipinski definition) is 3. The summed E-state index contributed by atoms with van der Waals surface area (Å²) >= 11 is 5.95. The van der Waals surface area contributed by atoms with E-state index in [0.29, 0.717) is 0 Å². The molecule has 0 bridgehead atoms. The van der Waals surface area contributed by atoms with E-state index in [4.69, 9.17) is 11.6 Å². The lowest BCUT2D eigenvalue weighted by Crippen LogP contribution is -2.35. The fraction of sp³-hybridized carbons (Fsp3) is 0.400. The molecule has 0 spiro atoms. The Morgan fingerprint density at radius 1 is 1.35 bits per heavy atom. The number of sulfonamides is 2. The van der Waals surface area contributed by atoms with Gasteiger partial charge in [0.15, 0.2) is 0 Å². The van der Waals surface area contributed by atoms with E-state index in [1.54, 1.807) is 13.8 Å². The topological polar surface area (TPSA) is 104 Å². The van der Waals surface area contributed by atoms with Crippen molar-refractivity contribution in [3.8, 4) is 0 Å². The van der Waals surface area contributed by atoms with E-state index in [1.165, 1.54) is 6.07 Å². The third-order valence-electron chi connectivity index (χ3n) is 2.55. The second kappa shape index (κ2) is 5.15. The highest BCUT2D eigenvalue weighted by molar-refractivity contribution is 7.90. The number of rotatable bonds is 3. The highest BCUT2D eigenvalue weighted by Gasteiger charge is 2.28. The van der Waals surface area contributed by atoms with Crippen molar-refractivity contribution in [2.24, 2.45) is 0 Å². The van der Waals surface area contributed by atoms with Crippen LogP contribution in [0.4, 0.5) is 5.69 Å². The largest absolute Gasteiger partial charge is 0.370 e. The van der Waals surface area contributed by atoms with Gasteiger partial charge in [0.25, 0.3) is 0 Å².